The minimum absolute atomic E-state index is 0.215. The number of hydrogen-bond donors (Lipinski definition) is 3. The van der Waals surface area contributed by atoms with Gasteiger partial charge in [0.1, 0.15) is 12.1 Å². The fourth-order valence-electron chi connectivity index (χ4n) is 1.84. The lowest BCUT2D eigenvalue weighted by atomic mass is 10.1. The Morgan fingerprint density at radius 2 is 2.14 bits per heavy atom. The predicted octanol–water partition coefficient (Wildman–Crippen LogP) is 1.86. The van der Waals surface area contributed by atoms with Crippen molar-refractivity contribution < 1.29 is 15.0 Å². The van der Waals surface area contributed by atoms with Crippen LogP contribution in [0.2, 0.25) is 0 Å². The summed E-state index contributed by atoms with van der Waals surface area (Å²) >= 11 is 1.77. The minimum Gasteiger partial charge on any atom is -0.478 e. The molecule has 2 aromatic rings. The molecule has 0 amide bonds. The van der Waals surface area contributed by atoms with Gasteiger partial charge in [-0.15, -0.1) is 0 Å². The number of benzene rings is 1. The molecule has 1 heterocycles. The number of fused-ring (bicyclic) bond motifs is 1. The first-order valence-electron chi connectivity index (χ1n) is 6.63. The third-order valence-electron chi connectivity index (χ3n) is 2.87. The standard InChI is InChI=1S/C14H17N3O3S/c18-5-1-6-21-7-4-15-13-11-3-2-10(14(19)20)8-12(11)16-9-17-13/h2-3,8-9,18H,1,4-7H2,(H,19,20)(H,15,16,17). The zero-order valence-corrected chi connectivity index (χ0v) is 12.3. The molecule has 0 fully saturated rings. The van der Waals surface area contributed by atoms with E-state index in [2.05, 4.69) is 15.3 Å². The summed E-state index contributed by atoms with van der Waals surface area (Å²) in [6.45, 7) is 0.978. The van der Waals surface area contributed by atoms with Gasteiger partial charge in [-0.1, -0.05) is 0 Å². The van der Waals surface area contributed by atoms with Crippen molar-refractivity contribution in [2.75, 3.05) is 30.0 Å². The van der Waals surface area contributed by atoms with Crippen LogP contribution in [0.5, 0.6) is 0 Å². The van der Waals surface area contributed by atoms with Crippen LogP contribution in [0.3, 0.4) is 0 Å². The molecule has 0 aliphatic heterocycles. The largest absolute Gasteiger partial charge is 0.478 e. The lowest BCUT2D eigenvalue weighted by molar-refractivity contribution is 0.0697. The van der Waals surface area contributed by atoms with Crippen LogP contribution in [0.25, 0.3) is 10.9 Å². The Kier molecular flexibility index (Phi) is 5.77. The van der Waals surface area contributed by atoms with E-state index in [9.17, 15) is 4.79 Å². The van der Waals surface area contributed by atoms with E-state index >= 15 is 0 Å². The van der Waals surface area contributed by atoms with Crippen LogP contribution in [-0.4, -0.2) is 50.8 Å². The van der Waals surface area contributed by atoms with E-state index in [1.165, 1.54) is 6.33 Å². The SMILES string of the molecule is O=C(O)c1ccc2c(NCCSCCCO)ncnc2c1. The van der Waals surface area contributed by atoms with E-state index in [0.717, 1.165) is 29.9 Å². The molecule has 21 heavy (non-hydrogen) atoms. The monoisotopic (exact) mass is 307 g/mol. The number of carboxylic acids is 1. The average Bonchev–Trinajstić information content (AvgIpc) is 2.50. The summed E-state index contributed by atoms with van der Waals surface area (Å²) in [5.74, 6) is 1.59. The van der Waals surface area contributed by atoms with Gasteiger partial charge in [-0.25, -0.2) is 14.8 Å². The van der Waals surface area contributed by atoms with Gasteiger partial charge in [-0.05, 0) is 30.4 Å². The highest BCUT2D eigenvalue weighted by atomic mass is 32.2. The Bertz CT molecular complexity index is 621. The first-order chi connectivity index (χ1) is 10.2. The normalized spacial score (nSPS) is 10.7. The van der Waals surface area contributed by atoms with Crippen molar-refractivity contribution >= 4 is 34.5 Å². The Balaban J connectivity index is 2.01. The quantitative estimate of drug-likeness (QED) is 0.641. The molecule has 0 saturated carbocycles. The van der Waals surface area contributed by atoms with Gasteiger partial charge < -0.3 is 15.5 Å². The highest BCUT2D eigenvalue weighted by Crippen LogP contribution is 2.20. The maximum Gasteiger partial charge on any atom is 0.335 e. The molecule has 3 N–H and O–H groups in total. The second kappa shape index (κ2) is 7.80. The smallest absolute Gasteiger partial charge is 0.335 e. The molecule has 112 valence electrons. The van der Waals surface area contributed by atoms with E-state index in [1.807, 2.05) is 0 Å². The molecular formula is C14H17N3O3S. The van der Waals surface area contributed by atoms with Crippen LogP contribution >= 0.6 is 11.8 Å². The molecule has 0 radical (unpaired) electrons. The number of carbonyl (C=O) groups is 1. The number of aliphatic hydroxyl groups is 1. The molecule has 1 aromatic heterocycles. The molecule has 0 unspecified atom stereocenters. The molecule has 2 rings (SSSR count). The van der Waals surface area contributed by atoms with E-state index < -0.39 is 5.97 Å². The number of aliphatic hydroxyl groups excluding tert-OH is 1. The number of aromatic carboxylic acids is 1. The topological polar surface area (TPSA) is 95.3 Å². The number of nitrogens with zero attached hydrogens (tertiary/aromatic N) is 2. The maximum absolute atomic E-state index is 10.9. The third-order valence-corrected chi connectivity index (χ3v) is 3.94. The minimum atomic E-state index is -0.967. The number of thioether (sulfide) groups is 1. The first-order valence-corrected chi connectivity index (χ1v) is 7.78. The highest BCUT2D eigenvalue weighted by Gasteiger charge is 2.07. The molecular weight excluding hydrogens is 290 g/mol. The third kappa shape index (κ3) is 4.30. The molecule has 0 atom stereocenters. The van der Waals surface area contributed by atoms with Gasteiger partial charge in [0.2, 0.25) is 0 Å². The second-order valence-corrected chi connectivity index (χ2v) is 5.60. The summed E-state index contributed by atoms with van der Waals surface area (Å²) in [6.07, 6.45) is 2.23. The van der Waals surface area contributed by atoms with Crippen LogP contribution in [0.4, 0.5) is 5.82 Å². The molecule has 0 aliphatic carbocycles. The van der Waals surface area contributed by atoms with Crippen molar-refractivity contribution in [3.05, 3.63) is 30.1 Å². The number of anilines is 1. The summed E-state index contributed by atoms with van der Waals surface area (Å²) in [5.41, 5.74) is 0.826. The summed E-state index contributed by atoms with van der Waals surface area (Å²) in [6, 6.07) is 4.82. The molecule has 0 aliphatic rings. The molecule has 0 spiro atoms. The van der Waals surface area contributed by atoms with Gasteiger partial charge in [-0.3, -0.25) is 0 Å². The Hall–Kier alpha value is -1.86. The van der Waals surface area contributed by atoms with Crippen molar-refractivity contribution in [3.8, 4) is 0 Å². The fourth-order valence-corrected chi connectivity index (χ4v) is 2.62. The van der Waals surface area contributed by atoms with Crippen molar-refractivity contribution in [1.82, 2.24) is 9.97 Å². The fraction of sp³-hybridized carbons (Fsp3) is 0.357. The number of nitrogens with one attached hydrogen (secondary N) is 1. The Labute approximate surface area is 126 Å². The van der Waals surface area contributed by atoms with Crippen LogP contribution in [-0.2, 0) is 0 Å². The lowest BCUT2D eigenvalue weighted by Gasteiger charge is -2.08. The summed E-state index contributed by atoms with van der Waals surface area (Å²) in [4.78, 5) is 19.2. The zero-order valence-electron chi connectivity index (χ0n) is 11.5. The van der Waals surface area contributed by atoms with Crippen molar-refractivity contribution in [1.29, 1.82) is 0 Å². The molecule has 6 nitrogen and oxygen atoms in total. The van der Waals surface area contributed by atoms with Crippen LogP contribution in [0.1, 0.15) is 16.8 Å². The summed E-state index contributed by atoms with van der Waals surface area (Å²) in [7, 11) is 0. The van der Waals surface area contributed by atoms with Crippen molar-refractivity contribution in [3.63, 3.8) is 0 Å². The Morgan fingerprint density at radius 3 is 2.90 bits per heavy atom. The van der Waals surface area contributed by atoms with E-state index in [-0.39, 0.29) is 12.2 Å². The number of carboxylic acid groups (broad SMARTS) is 1. The van der Waals surface area contributed by atoms with Gasteiger partial charge in [0.15, 0.2) is 0 Å². The molecule has 0 bridgehead atoms. The highest BCUT2D eigenvalue weighted by molar-refractivity contribution is 7.99. The van der Waals surface area contributed by atoms with Crippen LogP contribution < -0.4 is 5.32 Å². The number of hydrogen-bond acceptors (Lipinski definition) is 6. The van der Waals surface area contributed by atoms with Crippen molar-refractivity contribution in [2.24, 2.45) is 0 Å². The molecule has 1 aromatic carbocycles. The predicted molar refractivity (Wildman–Crippen MR) is 84.0 cm³/mol. The van der Waals surface area contributed by atoms with Crippen molar-refractivity contribution in [2.45, 2.75) is 6.42 Å². The number of aromatic nitrogens is 2. The summed E-state index contributed by atoms with van der Waals surface area (Å²) < 4.78 is 0. The van der Waals surface area contributed by atoms with Gasteiger partial charge in [0.25, 0.3) is 0 Å². The van der Waals surface area contributed by atoms with E-state index in [1.54, 1.807) is 30.0 Å². The summed E-state index contributed by atoms with van der Waals surface area (Å²) in [5, 5.41) is 21.7. The molecule has 7 heteroatoms. The van der Waals surface area contributed by atoms with Gasteiger partial charge >= 0.3 is 5.97 Å². The second-order valence-electron chi connectivity index (χ2n) is 4.38. The number of rotatable bonds is 8. The van der Waals surface area contributed by atoms with Gasteiger partial charge in [0.05, 0.1) is 11.1 Å². The first kappa shape index (κ1) is 15.5. The van der Waals surface area contributed by atoms with Crippen LogP contribution in [0, 0.1) is 0 Å². The zero-order chi connectivity index (χ0) is 15.1. The Morgan fingerprint density at radius 1 is 1.29 bits per heavy atom. The van der Waals surface area contributed by atoms with Gasteiger partial charge in [0, 0.05) is 24.3 Å². The average molecular weight is 307 g/mol. The van der Waals surface area contributed by atoms with E-state index in [0.29, 0.717) is 11.3 Å². The van der Waals surface area contributed by atoms with E-state index in [4.69, 9.17) is 10.2 Å². The van der Waals surface area contributed by atoms with Gasteiger partial charge in [-0.2, -0.15) is 11.8 Å². The maximum atomic E-state index is 10.9. The van der Waals surface area contributed by atoms with Crippen LogP contribution in [0.15, 0.2) is 24.5 Å². The molecule has 0 saturated heterocycles. The lowest BCUT2D eigenvalue weighted by Crippen LogP contribution is -2.07.